The number of nitrogens with zero attached hydrogens (tertiary/aromatic N) is 4. The molecule has 0 bridgehead atoms. The second-order valence-electron chi connectivity index (χ2n) is 21.0. The van der Waals surface area contributed by atoms with Crippen LogP contribution in [-0.4, -0.2) is 101 Å². The van der Waals surface area contributed by atoms with E-state index in [-0.39, 0.29) is 81.3 Å². The predicted octanol–water partition coefficient (Wildman–Crippen LogP) is 7.72. The number of aromatic amines is 2. The van der Waals surface area contributed by atoms with Gasteiger partial charge in [0.25, 0.3) is 0 Å². The number of fused-ring (bicyclic) bond motifs is 5. The number of imidazole rings is 2. The third-order valence-electron chi connectivity index (χ3n) is 16.8. The molecular formula is C59H65N7O9S3. The number of Topliss-reactive ketones (excluding diaryl/α,β-unsaturated/α-hetero) is 1. The molecule has 7 aromatic rings. The van der Waals surface area contributed by atoms with Crippen molar-refractivity contribution >= 4 is 110 Å². The van der Waals surface area contributed by atoms with Crippen LogP contribution in [-0.2, 0) is 62.4 Å². The van der Waals surface area contributed by atoms with Crippen LogP contribution in [0, 0.1) is 16.2 Å². The molecule has 5 heterocycles. The number of hydrogen-bond donors (Lipinski definition) is 4. The number of ether oxygens (including phenoxy) is 2. The highest BCUT2D eigenvalue weighted by Gasteiger charge is 2.51. The third-order valence-corrected chi connectivity index (χ3v) is 16.8. The van der Waals surface area contributed by atoms with E-state index in [1.807, 2.05) is 84.9 Å². The van der Waals surface area contributed by atoms with E-state index >= 15 is 0 Å². The molecule has 2 aromatic heterocycles. The molecule has 0 unspecified atom stereocenters. The number of esters is 2. The van der Waals surface area contributed by atoms with Gasteiger partial charge in [-0.1, -0.05) is 48.5 Å². The van der Waals surface area contributed by atoms with E-state index < -0.39 is 17.4 Å². The number of aliphatic hydroxyl groups is 1. The average Bonchev–Trinajstić information content (AvgIpc) is 4.35. The van der Waals surface area contributed by atoms with Crippen LogP contribution in [0.2, 0.25) is 0 Å². The lowest BCUT2D eigenvalue weighted by molar-refractivity contribution is -0.128. The zero-order valence-corrected chi connectivity index (χ0v) is 46.6. The molecule has 3 atom stereocenters. The van der Waals surface area contributed by atoms with E-state index in [2.05, 4.69) is 25.3 Å². The summed E-state index contributed by atoms with van der Waals surface area (Å²) < 4.78 is 9.59. The highest BCUT2D eigenvalue weighted by molar-refractivity contribution is 7.59. The molecule has 408 valence electrons. The fourth-order valence-corrected chi connectivity index (χ4v) is 12.4. The Morgan fingerprint density at radius 3 is 1.36 bits per heavy atom. The summed E-state index contributed by atoms with van der Waals surface area (Å²) in [6, 6.07) is 32.5. The van der Waals surface area contributed by atoms with Gasteiger partial charge in [-0.15, -0.1) is 0 Å². The Morgan fingerprint density at radius 1 is 0.538 bits per heavy atom. The number of nitrogens with one attached hydrogen (secondary N) is 3. The van der Waals surface area contributed by atoms with Gasteiger partial charge >= 0.3 is 11.9 Å². The third kappa shape index (κ3) is 10.6. The van der Waals surface area contributed by atoms with Gasteiger partial charge in [0.05, 0.1) is 63.7 Å². The van der Waals surface area contributed by atoms with Crippen molar-refractivity contribution < 1.29 is 43.3 Å². The van der Waals surface area contributed by atoms with Gasteiger partial charge in [-0.3, -0.25) is 29.0 Å². The minimum atomic E-state index is -0.497. The first-order valence-electron chi connectivity index (χ1n) is 25.8. The first-order chi connectivity index (χ1) is 36.3. The van der Waals surface area contributed by atoms with Crippen molar-refractivity contribution in [2.45, 2.75) is 77.0 Å². The van der Waals surface area contributed by atoms with Crippen molar-refractivity contribution in [2.75, 3.05) is 50.3 Å². The van der Waals surface area contributed by atoms with Crippen LogP contribution in [0.4, 0.5) is 11.9 Å². The molecular weight excluding hydrogens is 1050 g/mol. The monoisotopic (exact) mass is 1110 g/mol. The second-order valence-corrected chi connectivity index (χ2v) is 21.0. The van der Waals surface area contributed by atoms with E-state index in [9.17, 15) is 28.8 Å². The smallest absolute Gasteiger partial charge is 0.337 e. The molecule has 5 aromatic carbocycles. The normalized spacial score (nSPS) is 21.4. The number of aryl methyl sites for hydroxylation is 3. The van der Waals surface area contributed by atoms with E-state index in [1.54, 1.807) is 28.0 Å². The van der Waals surface area contributed by atoms with Crippen molar-refractivity contribution in [3.8, 4) is 0 Å². The van der Waals surface area contributed by atoms with Crippen LogP contribution in [0.25, 0.3) is 22.1 Å². The lowest BCUT2D eigenvalue weighted by Gasteiger charge is -2.33. The van der Waals surface area contributed by atoms with Gasteiger partial charge in [-0.25, -0.2) is 19.6 Å². The number of anilines is 2. The lowest BCUT2D eigenvalue weighted by atomic mass is 9.70. The Balaban J connectivity index is 0.000000155. The van der Waals surface area contributed by atoms with Crippen molar-refractivity contribution in [1.29, 1.82) is 0 Å². The number of ketones is 1. The number of methoxy groups -OCH3 is 2. The zero-order valence-electron chi connectivity index (χ0n) is 43.6. The number of benzene rings is 5. The summed E-state index contributed by atoms with van der Waals surface area (Å²) in [6.07, 6.45) is 9.61. The zero-order chi connectivity index (χ0) is 52.1. The summed E-state index contributed by atoms with van der Waals surface area (Å²) >= 11 is 0. The van der Waals surface area contributed by atoms with Gasteiger partial charge in [-0.2, -0.15) is 40.5 Å². The van der Waals surface area contributed by atoms with Crippen LogP contribution in [0.3, 0.4) is 0 Å². The van der Waals surface area contributed by atoms with E-state index in [1.165, 1.54) is 30.9 Å². The fraction of sp³-hybridized carbons (Fsp3) is 0.356. The predicted molar refractivity (Wildman–Crippen MR) is 312 cm³/mol. The van der Waals surface area contributed by atoms with Crippen LogP contribution >= 0.6 is 40.5 Å². The fourth-order valence-electron chi connectivity index (χ4n) is 12.4. The number of carbonyl (C=O) groups is 6. The second kappa shape index (κ2) is 23.2. The lowest BCUT2D eigenvalue weighted by Crippen LogP contribution is -2.39. The van der Waals surface area contributed by atoms with E-state index in [0.29, 0.717) is 54.5 Å². The summed E-state index contributed by atoms with van der Waals surface area (Å²) in [6.45, 7) is 1.57. The van der Waals surface area contributed by atoms with Crippen molar-refractivity contribution in [1.82, 2.24) is 25.3 Å². The first-order valence-corrected chi connectivity index (χ1v) is 25.8. The Hall–Kier alpha value is -6.93. The summed E-state index contributed by atoms with van der Waals surface area (Å²) in [7, 11) is 2.77. The number of aromatic nitrogens is 4. The largest absolute Gasteiger partial charge is 0.465 e. The number of amides is 3. The minimum absolute atomic E-state index is 0. The molecule has 3 aliphatic heterocycles. The van der Waals surface area contributed by atoms with Crippen molar-refractivity contribution in [3.05, 3.63) is 153 Å². The molecule has 78 heavy (non-hydrogen) atoms. The quantitative estimate of drug-likeness (QED) is 0.0934. The van der Waals surface area contributed by atoms with Gasteiger partial charge in [0.1, 0.15) is 6.61 Å². The molecule has 6 aliphatic rings. The minimum Gasteiger partial charge on any atom is -0.465 e. The van der Waals surface area contributed by atoms with E-state index in [4.69, 9.17) is 14.6 Å². The molecule has 4 N–H and O–H groups in total. The summed E-state index contributed by atoms with van der Waals surface area (Å²) in [5, 5.41) is 12.1. The maximum absolute atomic E-state index is 13.4. The SMILES string of the molecule is COC(=O)c1ccc2c(c1)C[C@@]1(CC2)CCN(c2nc3ccccc3[nH]2)C1=O.COC(=O)c1ccc2c(c1)C[C@]1(CCNC1=O)CC2.O=C(CO)c1ccc2c(c1)C[C@@]1(CC2)CCN(c2nc3ccccc3[nH]2)C1=O.S.S.S. The highest BCUT2D eigenvalue weighted by atomic mass is 32.1. The molecule has 3 aliphatic carbocycles. The number of para-hydroxylation sites is 4. The maximum atomic E-state index is 13.4. The molecule has 3 saturated heterocycles. The topological polar surface area (TPSA) is 217 Å². The van der Waals surface area contributed by atoms with Gasteiger partial charge in [-0.05, 0) is 165 Å². The van der Waals surface area contributed by atoms with E-state index in [0.717, 1.165) is 110 Å². The average molecular weight is 1110 g/mol. The summed E-state index contributed by atoms with van der Waals surface area (Å²) in [5.41, 5.74) is 11.0. The van der Waals surface area contributed by atoms with Gasteiger partial charge in [0.15, 0.2) is 5.78 Å². The van der Waals surface area contributed by atoms with Crippen LogP contribution in [0.1, 0.15) is 103 Å². The van der Waals surface area contributed by atoms with Gasteiger partial charge < -0.3 is 29.9 Å². The molecule has 3 amide bonds. The molecule has 16 nitrogen and oxygen atoms in total. The Morgan fingerprint density at radius 2 is 0.949 bits per heavy atom. The number of rotatable bonds is 6. The van der Waals surface area contributed by atoms with Crippen LogP contribution in [0.15, 0.2) is 103 Å². The van der Waals surface area contributed by atoms with Crippen molar-refractivity contribution in [3.63, 3.8) is 0 Å². The highest BCUT2D eigenvalue weighted by Crippen LogP contribution is 2.47. The maximum Gasteiger partial charge on any atom is 0.337 e. The Kier molecular flexibility index (Phi) is 17.0. The number of hydrogen-bond acceptors (Lipinski definition) is 11. The number of H-pyrrole nitrogens is 2. The van der Waals surface area contributed by atoms with Crippen LogP contribution in [0.5, 0.6) is 0 Å². The molecule has 3 spiro atoms. The first kappa shape index (κ1) is 57.3. The molecule has 19 heteroatoms. The Labute approximate surface area is 472 Å². The van der Waals surface area contributed by atoms with Gasteiger partial charge in [0, 0.05) is 25.2 Å². The Bertz CT molecular complexity index is 3230. The molecule has 0 saturated carbocycles. The number of carbonyl (C=O) groups excluding carboxylic acids is 6. The van der Waals surface area contributed by atoms with Crippen LogP contribution < -0.4 is 15.1 Å². The molecule has 3 fully saturated rings. The molecule has 13 rings (SSSR count). The summed E-state index contributed by atoms with van der Waals surface area (Å²) in [5.74, 6) is 0.681. The van der Waals surface area contributed by atoms with Crippen molar-refractivity contribution in [2.24, 2.45) is 16.2 Å². The summed E-state index contributed by atoms with van der Waals surface area (Å²) in [4.78, 5) is 93.5. The standard InChI is InChI=1S/2C22H21N3O3.C15H17NO3.3H2S/c1-28-19(26)15-7-6-14-8-9-22(13-16(14)12-15)10-11-25(20(22)27)21-23-17-4-2-3-5-18(17)24-21;26-13-19(27)15-6-5-14-7-8-22(12-16(14)11-15)9-10-25(20(22)28)21-23-17-3-1-2-4-18(17)24-21;1-19-13(17)11-3-2-10-4-5-15(9-12(10)8-11)6-7-16-14(15)18;;;/h2-7,12H,8-11,13H2,1H3,(H,23,24);1-6,11,26H,7-10,12-13H2,(H,23,24);2-3,8H,4-7,9H2,1H3,(H,16,18);3*1H2/t2*22-;15-;;;/m111.../s1. The molecule has 0 radical (unpaired) electrons. The number of aliphatic hydroxyl groups excluding tert-OH is 1. The van der Waals surface area contributed by atoms with Gasteiger partial charge in [0.2, 0.25) is 29.6 Å².